The highest BCUT2D eigenvalue weighted by molar-refractivity contribution is 9.10. The fourth-order valence-electron chi connectivity index (χ4n) is 1.88. The summed E-state index contributed by atoms with van der Waals surface area (Å²) in [6.45, 7) is 6.17. The van der Waals surface area contributed by atoms with E-state index in [4.69, 9.17) is 9.15 Å². The summed E-state index contributed by atoms with van der Waals surface area (Å²) in [5.74, 6) is 1.13. The maximum Gasteiger partial charge on any atom is 0.165 e. The SMILES string of the molecule is CC(C)CNCc1ccoc1COc1cc(Br)ccc1F. The van der Waals surface area contributed by atoms with E-state index in [1.807, 2.05) is 6.07 Å². The Hall–Kier alpha value is -1.33. The van der Waals surface area contributed by atoms with E-state index in [-0.39, 0.29) is 18.2 Å². The van der Waals surface area contributed by atoms with Gasteiger partial charge in [-0.25, -0.2) is 4.39 Å². The van der Waals surface area contributed by atoms with Crippen LogP contribution >= 0.6 is 15.9 Å². The number of benzene rings is 1. The summed E-state index contributed by atoms with van der Waals surface area (Å²) in [5.41, 5.74) is 1.03. The molecule has 0 atom stereocenters. The molecule has 0 fully saturated rings. The molecule has 0 saturated heterocycles. The lowest BCUT2D eigenvalue weighted by Crippen LogP contribution is -2.19. The van der Waals surface area contributed by atoms with Crippen LogP contribution in [0.5, 0.6) is 5.75 Å². The molecule has 0 aliphatic rings. The first-order valence-electron chi connectivity index (χ1n) is 6.90. The van der Waals surface area contributed by atoms with E-state index in [0.29, 0.717) is 18.2 Å². The number of furan rings is 1. The molecular formula is C16H19BrFNO2. The molecule has 1 aromatic carbocycles. The number of ether oxygens (including phenoxy) is 1. The van der Waals surface area contributed by atoms with Crippen LogP contribution in [0.25, 0.3) is 0 Å². The minimum atomic E-state index is -0.385. The number of halogens is 2. The second-order valence-electron chi connectivity index (χ2n) is 5.26. The third-order valence-corrected chi connectivity index (χ3v) is 3.45. The van der Waals surface area contributed by atoms with Gasteiger partial charge in [0.05, 0.1) is 6.26 Å². The number of rotatable bonds is 7. The average Bonchev–Trinajstić information content (AvgIpc) is 2.87. The predicted molar refractivity (Wildman–Crippen MR) is 83.7 cm³/mol. The first kappa shape index (κ1) is 16.0. The lowest BCUT2D eigenvalue weighted by molar-refractivity contribution is 0.256. The molecule has 2 aromatic rings. The zero-order valence-corrected chi connectivity index (χ0v) is 13.7. The van der Waals surface area contributed by atoms with Gasteiger partial charge in [-0.15, -0.1) is 0 Å². The van der Waals surface area contributed by atoms with E-state index in [2.05, 4.69) is 35.1 Å². The highest BCUT2D eigenvalue weighted by Gasteiger charge is 2.10. The van der Waals surface area contributed by atoms with E-state index < -0.39 is 0 Å². The van der Waals surface area contributed by atoms with Gasteiger partial charge in [-0.05, 0) is 36.7 Å². The highest BCUT2D eigenvalue weighted by Crippen LogP contribution is 2.23. The van der Waals surface area contributed by atoms with Crippen LogP contribution in [-0.4, -0.2) is 6.54 Å². The van der Waals surface area contributed by atoms with Crippen LogP contribution < -0.4 is 10.1 Å². The van der Waals surface area contributed by atoms with Crippen LogP contribution in [0.1, 0.15) is 25.2 Å². The molecule has 0 amide bonds. The molecule has 1 heterocycles. The van der Waals surface area contributed by atoms with Gasteiger partial charge in [0.25, 0.3) is 0 Å². The Labute approximate surface area is 132 Å². The van der Waals surface area contributed by atoms with Gasteiger partial charge in [0.15, 0.2) is 11.6 Å². The van der Waals surface area contributed by atoms with E-state index in [1.165, 1.54) is 6.07 Å². The van der Waals surface area contributed by atoms with Gasteiger partial charge < -0.3 is 14.5 Å². The Morgan fingerprint density at radius 3 is 2.90 bits per heavy atom. The van der Waals surface area contributed by atoms with Crippen LogP contribution in [0.2, 0.25) is 0 Å². The minimum Gasteiger partial charge on any atom is -0.483 e. The van der Waals surface area contributed by atoms with Gasteiger partial charge in [-0.2, -0.15) is 0 Å². The summed E-state index contributed by atoms with van der Waals surface area (Å²) in [6.07, 6.45) is 1.63. The summed E-state index contributed by atoms with van der Waals surface area (Å²) in [6, 6.07) is 6.52. The fourth-order valence-corrected chi connectivity index (χ4v) is 2.22. The van der Waals surface area contributed by atoms with Crippen LogP contribution in [0, 0.1) is 11.7 Å². The Kier molecular flexibility index (Phi) is 5.82. The molecule has 2 rings (SSSR count). The van der Waals surface area contributed by atoms with E-state index in [0.717, 1.165) is 16.6 Å². The van der Waals surface area contributed by atoms with E-state index in [9.17, 15) is 4.39 Å². The molecule has 5 heteroatoms. The molecule has 0 spiro atoms. The summed E-state index contributed by atoms with van der Waals surface area (Å²) >= 11 is 3.30. The maximum absolute atomic E-state index is 13.6. The average molecular weight is 356 g/mol. The standard InChI is InChI=1S/C16H19BrFNO2/c1-11(2)8-19-9-12-5-6-20-16(12)10-21-15-7-13(17)3-4-14(15)18/h3-7,11,19H,8-10H2,1-2H3. The monoisotopic (exact) mass is 355 g/mol. The molecule has 0 aliphatic heterocycles. The van der Waals surface area contributed by atoms with Gasteiger partial charge in [-0.3, -0.25) is 0 Å². The van der Waals surface area contributed by atoms with Crippen molar-refractivity contribution in [2.24, 2.45) is 5.92 Å². The zero-order valence-electron chi connectivity index (χ0n) is 12.2. The van der Waals surface area contributed by atoms with Crippen molar-refractivity contribution in [1.82, 2.24) is 5.32 Å². The fraction of sp³-hybridized carbons (Fsp3) is 0.375. The third kappa shape index (κ3) is 4.86. The minimum absolute atomic E-state index is 0.207. The largest absolute Gasteiger partial charge is 0.483 e. The molecule has 0 radical (unpaired) electrons. The summed E-state index contributed by atoms with van der Waals surface area (Å²) in [5, 5.41) is 3.35. The van der Waals surface area contributed by atoms with Crippen LogP contribution in [-0.2, 0) is 13.2 Å². The third-order valence-electron chi connectivity index (χ3n) is 2.96. The van der Waals surface area contributed by atoms with Gasteiger partial charge in [0, 0.05) is 16.6 Å². The van der Waals surface area contributed by atoms with Crippen molar-refractivity contribution in [3.8, 4) is 5.75 Å². The van der Waals surface area contributed by atoms with Gasteiger partial charge in [-0.1, -0.05) is 29.8 Å². The molecule has 21 heavy (non-hydrogen) atoms. The number of nitrogens with one attached hydrogen (secondary N) is 1. The first-order valence-corrected chi connectivity index (χ1v) is 7.69. The van der Waals surface area contributed by atoms with Crippen molar-refractivity contribution < 1.29 is 13.5 Å². The van der Waals surface area contributed by atoms with Gasteiger partial charge in [0.1, 0.15) is 12.4 Å². The van der Waals surface area contributed by atoms with Crippen molar-refractivity contribution in [2.45, 2.75) is 27.0 Å². The van der Waals surface area contributed by atoms with E-state index >= 15 is 0 Å². The molecular weight excluding hydrogens is 337 g/mol. The van der Waals surface area contributed by atoms with Crippen LogP contribution in [0.3, 0.4) is 0 Å². The molecule has 0 aliphatic carbocycles. The van der Waals surface area contributed by atoms with Gasteiger partial charge >= 0.3 is 0 Å². The number of hydrogen-bond acceptors (Lipinski definition) is 3. The maximum atomic E-state index is 13.6. The molecule has 114 valence electrons. The topological polar surface area (TPSA) is 34.4 Å². The van der Waals surface area contributed by atoms with Crippen molar-refractivity contribution in [3.63, 3.8) is 0 Å². The molecule has 0 bridgehead atoms. The normalized spacial score (nSPS) is 11.1. The molecule has 0 unspecified atom stereocenters. The van der Waals surface area contributed by atoms with E-state index in [1.54, 1.807) is 18.4 Å². The molecule has 3 nitrogen and oxygen atoms in total. The van der Waals surface area contributed by atoms with Crippen LogP contribution in [0.4, 0.5) is 4.39 Å². The Balaban J connectivity index is 1.94. The summed E-state index contributed by atoms with van der Waals surface area (Å²) < 4.78 is 25.3. The highest BCUT2D eigenvalue weighted by atomic mass is 79.9. The van der Waals surface area contributed by atoms with Crippen LogP contribution in [0.15, 0.2) is 39.4 Å². The summed E-state index contributed by atoms with van der Waals surface area (Å²) in [7, 11) is 0. The van der Waals surface area contributed by atoms with Crippen molar-refractivity contribution in [2.75, 3.05) is 6.54 Å². The Bertz CT molecular complexity index is 583. The molecule has 1 N–H and O–H groups in total. The second kappa shape index (κ2) is 7.61. The Morgan fingerprint density at radius 2 is 2.14 bits per heavy atom. The van der Waals surface area contributed by atoms with Crippen molar-refractivity contribution in [3.05, 3.63) is 52.1 Å². The quantitative estimate of drug-likeness (QED) is 0.793. The van der Waals surface area contributed by atoms with Crippen molar-refractivity contribution in [1.29, 1.82) is 0 Å². The lowest BCUT2D eigenvalue weighted by Gasteiger charge is -2.09. The lowest BCUT2D eigenvalue weighted by atomic mass is 10.2. The smallest absolute Gasteiger partial charge is 0.165 e. The summed E-state index contributed by atoms with van der Waals surface area (Å²) in [4.78, 5) is 0. The zero-order chi connectivity index (χ0) is 15.2. The Morgan fingerprint density at radius 1 is 1.33 bits per heavy atom. The van der Waals surface area contributed by atoms with Crippen molar-refractivity contribution >= 4 is 15.9 Å². The number of hydrogen-bond donors (Lipinski definition) is 1. The second-order valence-corrected chi connectivity index (χ2v) is 6.17. The first-order chi connectivity index (χ1) is 10.1. The molecule has 1 aromatic heterocycles. The van der Waals surface area contributed by atoms with Gasteiger partial charge in [0.2, 0.25) is 0 Å². The predicted octanol–water partition coefficient (Wildman–Crippen LogP) is 4.51. The molecule has 0 saturated carbocycles.